The van der Waals surface area contributed by atoms with Crippen LogP contribution in [0.1, 0.15) is 13.8 Å². The molecule has 0 saturated carbocycles. The van der Waals surface area contributed by atoms with Crippen molar-refractivity contribution in [3.8, 4) is 0 Å². The van der Waals surface area contributed by atoms with E-state index in [0.29, 0.717) is 18.1 Å². The lowest BCUT2D eigenvalue weighted by molar-refractivity contribution is -0.302. The lowest BCUT2D eigenvalue weighted by Crippen LogP contribution is -2.13. The lowest BCUT2D eigenvalue weighted by atomic mass is 10.2. The maximum absolute atomic E-state index is 10.9. The highest BCUT2D eigenvalue weighted by Gasteiger charge is 2.03. The van der Waals surface area contributed by atoms with Crippen LogP contribution in [-0.2, 0) is 19.3 Å². The quantitative estimate of drug-likeness (QED) is 0.171. The Labute approximate surface area is 98.6 Å². The van der Waals surface area contributed by atoms with Crippen LogP contribution in [0.4, 0.5) is 0 Å². The largest absolute Gasteiger partial charge is 0.460 e. The molecule has 0 aliphatic rings. The topological polar surface area (TPSA) is 44.8 Å². The van der Waals surface area contributed by atoms with E-state index in [4.69, 9.17) is 14.5 Å². The summed E-state index contributed by atoms with van der Waals surface area (Å²) < 4.78 is 4.78. The highest BCUT2D eigenvalue weighted by molar-refractivity contribution is 9.09. The van der Waals surface area contributed by atoms with Crippen LogP contribution in [0.3, 0.4) is 0 Å². The van der Waals surface area contributed by atoms with Crippen molar-refractivity contribution < 1.29 is 19.3 Å². The molecule has 0 aromatic heterocycles. The number of carbonyl (C=O) groups is 1. The number of halogens is 1. The minimum absolute atomic E-state index is 0.175. The predicted octanol–water partition coefficient (Wildman–Crippen LogP) is 2.08. The third-order valence-corrected chi connectivity index (χ3v) is 2.55. The molecule has 88 valence electrons. The van der Waals surface area contributed by atoms with E-state index in [1.54, 1.807) is 6.92 Å². The van der Waals surface area contributed by atoms with Gasteiger partial charge in [0.1, 0.15) is 13.2 Å². The van der Waals surface area contributed by atoms with Gasteiger partial charge in [0.05, 0.1) is 6.61 Å². The average Bonchev–Trinajstić information content (AvgIpc) is 2.22. The van der Waals surface area contributed by atoms with Crippen molar-refractivity contribution in [3.05, 3.63) is 12.2 Å². The Balaban J connectivity index is 3.25. The maximum atomic E-state index is 10.9. The first kappa shape index (κ1) is 14.6. The number of rotatable bonds is 8. The van der Waals surface area contributed by atoms with Gasteiger partial charge in [-0.3, -0.25) is 0 Å². The van der Waals surface area contributed by atoms with Crippen LogP contribution in [0.15, 0.2) is 12.2 Å². The number of alkyl halides is 1. The number of esters is 1. The van der Waals surface area contributed by atoms with Crippen molar-refractivity contribution in [3.63, 3.8) is 0 Å². The fourth-order valence-corrected chi connectivity index (χ4v) is 0.746. The van der Waals surface area contributed by atoms with Gasteiger partial charge in [-0.2, -0.15) is 0 Å². The van der Waals surface area contributed by atoms with Crippen molar-refractivity contribution in [1.82, 2.24) is 0 Å². The summed E-state index contributed by atoms with van der Waals surface area (Å²) in [6.07, 6.45) is 0. The van der Waals surface area contributed by atoms with Gasteiger partial charge < -0.3 is 4.74 Å². The molecule has 0 saturated heterocycles. The molecule has 0 aromatic rings. The van der Waals surface area contributed by atoms with Gasteiger partial charge in [-0.1, -0.05) is 29.4 Å². The molecule has 15 heavy (non-hydrogen) atoms. The molecule has 4 nitrogen and oxygen atoms in total. The van der Waals surface area contributed by atoms with Crippen molar-refractivity contribution in [2.24, 2.45) is 5.92 Å². The van der Waals surface area contributed by atoms with Gasteiger partial charge in [0.2, 0.25) is 0 Å². The van der Waals surface area contributed by atoms with E-state index in [-0.39, 0.29) is 13.2 Å². The zero-order valence-corrected chi connectivity index (χ0v) is 10.7. The normalized spacial score (nSPS) is 12.2. The highest BCUT2D eigenvalue weighted by atomic mass is 79.9. The standard InChI is InChI=1S/C10H17BrO4/c1-8(2)10(12)13-4-5-14-15-7-9(3)6-11/h9H,1,4-7H2,2-3H3. The van der Waals surface area contributed by atoms with Crippen LogP contribution in [0.2, 0.25) is 0 Å². The van der Waals surface area contributed by atoms with Gasteiger partial charge in [0, 0.05) is 10.9 Å². The van der Waals surface area contributed by atoms with Crippen molar-refractivity contribution in [1.29, 1.82) is 0 Å². The molecule has 1 atom stereocenters. The fraction of sp³-hybridized carbons (Fsp3) is 0.700. The molecular formula is C10H17BrO4. The highest BCUT2D eigenvalue weighted by Crippen LogP contribution is 2.00. The summed E-state index contributed by atoms with van der Waals surface area (Å²) in [6.45, 7) is 7.99. The smallest absolute Gasteiger partial charge is 0.333 e. The van der Waals surface area contributed by atoms with E-state index in [9.17, 15) is 4.79 Å². The van der Waals surface area contributed by atoms with Crippen molar-refractivity contribution >= 4 is 21.9 Å². The zero-order valence-electron chi connectivity index (χ0n) is 9.12. The van der Waals surface area contributed by atoms with E-state index in [0.717, 1.165) is 5.33 Å². The van der Waals surface area contributed by atoms with Gasteiger partial charge in [0.15, 0.2) is 0 Å². The third-order valence-electron chi connectivity index (χ3n) is 1.45. The minimum Gasteiger partial charge on any atom is -0.460 e. The van der Waals surface area contributed by atoms with E-state index in [1.807, 2.05) is 6.92 Å². The van der Waals surface area contributed by atoms with Gasteiger partial charge in [0.25, 0.3) is 0 Å². The molecule has 0 spiro atoms. The second kappa shape index (κ2) is 8.88. The maximum Gasteiger partial charge on any atom is 0.333 e. The lowest BCUT2D eigenvalue weighted by Gasteiger charge is -2.08. The molecule has 0 rings (SSSR count). The first-order valence-corrected chi connectivity index (χ1v) is 5.83. The monoisotopic (exact) mass is 280 g/mol. The molecule has 0 fully saturated rings. The summed E-state index contributed by atoms with van der Waals surface area (Å²) in [5.74, 6) is -0.0182. The summed E-state index contributed by atoms with van der Waals surface area (Å²) in [7, 11) is 0. The number of carbonyl (C=O) groups excluding carboxylic acids is 1. The summed E-state index contributed by atoms with van der Waals surface area (Å²) >= 11 is 3.32. The molecule has 0 N–H and O–H groups in total. The summed E-state index contributed by atoms with van der Waals surface area (Å²) in [5.41, 5.74) is 0.379. The minimum atomic E-state index is -0.410. The summed E-state index contributed by atoms with van der Waals surface area (Å²) in [5, 5.41) is 0.862. The van der Waals surface area contributed by atoms with E-state index >= 15 is 0 Å². The Bertz CT molecular complexity index is 206. The van der Waals surface area contributed by atoms with Gasteiger partial charge in [-0.05, 0) is 12.8 Å². The fourth-order valence-electron chi connectivity index (χ4n) is 0.559. The molecule has 0 aliphatic heterocycles. The van der Waals surface area contributed by atoms with Crippen LogP contribution in [-0.4, -0.2) is 31.1 Å². The van der Waals surface area contributed by atoms with Crippen LogP contribution in [0.25, 0.3) is 0 Å². The molecule has 1 unspecified atom stereocenters. The molecular weight excluding hydrogens is 264 g/mol. The Hall–Kier alpha value is -0.390. The van der Waals surface area contributed by atoms with Gasteiger partial charge in [-0.15, -0.1) is 0 Å². The predicted molar refractivity (Wildman–Crippen MR) is 60.6 cm³/mol. The molecule has 0 radical (unpaired) electrons. The van der Waals surface area contributed by atoms with Crippen molar-refractivity contribution in [2.75, 3.05) is 25.2 Å². The van der Waals surface area contributed by atoms with E-state index in [2.05, 4.69) is 22.5 Å². The Morgan fingerprint density at radius 2 is 2.07 bits per heavy atom. The molecule has 0 heterocycles. The first-order valence-electron chi connectivity index (χ1n) is 4.71. The van der Waals surface area contributed by atoms with Crippen molar-refractivity contribution in [2.45, 2.75) is 13.8 Å². The van der Waals surface area contributed by atoms with Crippen LogP contribution < -0.4 is 0 Å². The van der Waals surface area contributed by atoms with Gasteiger partial charge >= 0.3 is 5.97 Å². The van der Waals surface area contributed by atoms with Crippen LogP contribution in [0, 0.1) is 5.92 Å². The van der Waals surface area contributed by atoms with Crippen LogP contribution >= 0.6 is 15.9 Å². The Kier molecular flexibility index (Phi) is 8.65. The average molecular weight is 281 g/mol. The number of ether oxygens (including phenoxy) is 1. The van der Waals surface area contributed by atoms with Crippen LogP contribution in [0.5, 0.6) is 0 Å². The molecule has 5 heteroatoms. The number of hydrogen-bond donors (Lipinski definition) is 0. The third kappa shape index (κ3) is 8.59. The molecule has 0 bridgehead atoms. The summed E-state index contributed by atoms with van der Waals surface area (Å²) in [6, 6.07) is 0. The van der Waals surface area contributed by atoms with E-state index in [1.165, 1.54) is 0 Å². The zero-order chi connectivity index (χ0) is 11.7. The molecule has 0 aromatic carbocycles. The number of hydrogen-bond acceptors (Lipinski definition) is 4. The second-order valence-corrected chi connectivity index (χ2v) is 3.93. The van der Waals surface area contributed by atoms with Gasteiger partial charge in [-0.25, -0.2) is 14.6 Å². The molecule has 0 amide bonds. The summed E-state index contributed by atoms with van der Waals surface area (Å²) in [4.78, 5) is 20.6. The molecule has 0 aliphatic carbocycles. The first-order chi connectivity index (χ1) is 7.07. The second-order valence-electron chi connectivity index (χ2n) is 3.28. The Morgan fingerprint density at radius 1 is 1.40 bits per heavy atom. The Morgan fingerprint density at radius 3 is 2.60 bits per heavy atom. The SMILES string of the molecule is C=C(C)C(=O)OCCOOCC(C)CBr. The van der Waals surface area contributed by atoms with E-state index < -0.39 is 5.97 Å².